The number of carboxylic acids is 2. The van der Waals surface area contributed by atoms with Crippen LogP contribution in [0.25, 0.3) is 23.1 Å². The van der Waals surface area contributed by atoms with E-state index in [0.717, 1.165) is 17.2 Å². The lowest BCUT2D eigenvalue weighted by Crippen LogP contribution is -2.10. The molecule has 0 fully saturated rings. The van der Waals surface area contributed by atoms with Gasteiger partial charge in [0.2, 0.25) is 5.82 Å². The maximum atomic E-state index is 14.7. The second-order valence-corrected chi connectivity index (χ2v) is 9.73. The zero-order valence-electron chi connectivity index (χ0n) is 23.4. The molecule has 7 nitrogen and oxygen atoms in total. The minimum Gasteiger partial charge on any atom is -0.490 e. The van der Waals surface area contributed by atoms with Crippen LogP contribution < -0.4 is 9.47 Å². The Morgan fingerprint density at radius 2 is 1.63 bits per heavy atom. The smallest absolute Gasteiger partial charge is 0.323 e. The summed E-state index contributed by atoms with van der Waals surface area (Å²) in [6.45, 7) is 1.71. The van der Waals surface area contributed by atoms with Crippen LogP contribution in [0.15, 0.2) is 66.7 Å². The molecule has 10 heteroatoms. The molecule has 3 aromatic carbocycles. The SMILES string of the molecule is Cc1c(CCCC(=O)O)c2cc(F)cc(/C=C/c3ccc(OC/C=C/COc4cccc(F)c4F)cc3)c2n1CC(=O)O. The molecule has 0 radical (unpaired) electrons. The van der Waals surface area contributed by atoms with Crippen molar-refractivity contribution < 1.29 is 42.4 Å². The highest BCUT2D eigenvalue weighted by atomic mass is 19.2. The van der Waals surface area contributed by atoms with Gasteiger partial charge in [-0.05, 0) is 79.4 Å². The summed E-state index contributed by atoms with van der Waals surface area (Å²) in [6, 6.07) is 13.5. The van der Waals surface area contributed by atoms with Gasteiger partial charge < -0.3 is 24.3 Å². The molecule has 2 N–H and O–H groups in total. The van der Waals surface area contributed by atoms with Crippen molar-refractivity contribution in [3.05, 3.63) is 107 Å². The van der Waals surface area contributed by atoms with Gasteiger partial charge >= 0.3 is 11.9 Å². The number of fused-ring (bicyclic) bond motifs is 1. The molecular formula is C33H30F3NO6. The summed E-state index contributed by atoms with van der Waals surface area (Å²) in [5, 5.41) is 19.1. The first-order valence-corrected chi connectivity index (χ1v) is 13.5. The van der Waals surface area contributed by atoms with E-state index in [1.807, 2.05) is 0 Å². The van der Waals surface area contributed by atoms with Crippen molar-refractivity contribution in [2.45, 2.75) is 32.7 Å². The number of nitrogens with zero attached hydrogens (tertiary/aromatic N) is 1. The summed E-state index contributed by atoms with van der Waals surface area (Å²) in [5.41, 5.74) is 3.25. The number of halogens is 3. The maximum Gasteiger partial charge on any atom is 0.323 e. The normalized spacial score (nSPS) is 11.5. The van der Waals surface area contributed by atoms with Crippen LogP contribution in [0.3, 0.4) is 0 Å². The summed E-state index contributed by atoms with van der Waals surface area (Å²) in [5.74, 6) is -4.06. The molecule has 0 amide bonds. The quantitative estimate of drug-likeness (QED) is 0.120. The molecule has 4 aromatic rings. The fourth-order valence-corrected chi connectivity index (χ4v) is 4.74. The van der Waals surface area contributed by atoms with Gasteiger partial charge in [0.25, 0.3) is 0 Å². The molecule has 43 heavy (non-hydrogen) atoms. The van der Waals surface area contributed by atoms with Crippen molar-refractivity contribution in [3.63, 3.8) is 0 Å². The summed E-state index contributed by atoms with van der Waals surface area (Å²) < 4.78 is 54.0. The summed E-state index contributed by atoms with van der Waals surface area (Å²) in [7, 11) is 0. The zero-order chi connectivity index (χ0) is 30.9. The molecule has 0 aliphatic rings. The van der Waals surface area contributed by atoms with Crippen LogP contribution in [0, 0.1) is 24.4 Å². The molecule has 1 aromatic heterocycles. The molecule has 0 atom stereocenters. The average Bonchev–Trinajstić information content (AvgIpc) is 3.21. The lowest BCUT2D eigenvalue weighted by Gasteiger charge is -2.08. The number of aliphatic carboxylic acids is 2. The third kappa shape index (κ3) is 8.06. The minimum atomic E-state index is -1.05. The Labute approximate surface area is 246 Å². The van der Waals surface area contributed by atoms with E-state index in [2.05, 4.69) is 0 Å². The Balaban J connectivity index is 1.44. The van der Waals surface area contributed by atoms with E-state index >= 15 is 0 Å². The topological polar surface area (TPSA) is 98.0 Å². The van der Waals surface area contributed by atoms with E-state index in [9.17, 15) is 27.9 Å². The van der Waals surface area contributed by atoms with Gasteiger partial charge in [-0.15, -0.1) is 0 Å². The molecule has 4 rings (SSSR count). The van der Waals surface area contributed by atoms with Crippen LogP contribution in [0.4, 0.5) is 13.2 Å². The van der Waals surface area contributed by atoms with Crippen LogP contribution in [0.5, 0.6) is 11.5 Å². The van der Waals surface area contributed by atoms with Crippen molar-refractivity contribution in [2.75, 3.05) is 13.2 Å². The Morgan fingerprint density at radius 1 is 0.907 bits per heavy atom. The molecule has 0 saturated heterocycles. The van der Waals surface area contributed by atoms with Crippen molar-refractivity contribution in [3.8, 4) is 11.5 Å². The first-order valence-electron chi connectivity index (χ1n) is 13.5. The maximum absolute atomic E-state index is 14.7. The highest BCUT2D eigenvalue weighted by Crippen LogP contribution is 2.32. The van der Waals surface area contributed by atoms with Gasteiger partial charge in [0.1, 0.15) is 31.3 Å². The summed E-state index contributed by atoms with van der Waals surface area (Å²) in [4.78, 5) is 22.6. The first-order chi connectivity index (χ1) is 20.6. The van der Waals surface area contributed by atoms with E-state index in [1.165, 1.54) is 24.3 Å². The first kappa shape index (κ1) is 31.0. The molecule has 224 valence electrons. The second kappa shape index (κ2) is 14.3. The van der Waals surface area contributed by atoms with Gasteiger partial charge in [-0.2, -0.15) is 4.39 Å². The molecule has 0 bridgehead atoms. The predicted octanol–water partition coefficient (Wildman–Crippen LogP) is 7.04. The van der Waals surface area contributed by atoms with Gasteiger partial charge in [-0.25, -0.2) is 8.78 Å². The van der Waals surface area contributed by atoms with Crippen LogP contribution in [0.1, 0.15) is 35.2 Å². The summed E-state index contributed by atoms with van der Waals surface area (Å²) >= 11 is 0. The molecule has 0 unspecified atom stereocenters. The van der Waals surface area contributed by atoms with Gasteiger partial charge in [0.05, 0.1) is 5.52 Å². The lowest BCUT2D eigenvalue weighted by atomic mass is 10.0. The number of benzene rings is 3. The van der Waals surface area contributed by atoms with E-state index in [0.29, 0.717) is 40.8 Å². The molecule has 0 saturated carbocycles. The van der Waals surface area contributed by atoms with Crippen molar-refractivity contribution >= 4 is 35.0 Å². The van der Waals surface area contributed by atoms with Gasteiger partial charge in [-0.3, -0.25) is 9.59 Å². The van der Waals surface area contributed by atoms with E-state index < -0.39 is 29.4 Å². The number of hydrogen-bond acceptors (Lipinski definition) is 4. The van der Waals surface area contributed by atoms with Gasteiger partial charge in [0.15, 0.2) is 11.6 Å². The van der Waals surface area contributed by atoms with Crippen LogP contribution in [-0.4, -0.2) is 39.9 Å². The van der Waals surface area contributed by atoms with Crippen molar-refractivity contribution in [1.82, 2.24) is 4.57 Å². The van der Waals surface area contributed by atoms with Crippen LogP contribution in [0.2, 0.25) is 0 Å². The number of aromatic nitrogens is 1. The fraction of sp³-hybridized carbons (Fsp3) is 0.212. The van der Waals surface area contributed by atoms with Gasteiger partial charge in [0, 0.05) is 23.1 Å². The molecular weight excluding hydrogens is 563 g/mol. The van der Waals surface area contributed by atoms with Gasteiger partial charge in [-0.1, -0.05) is 30.4 Å². The van der Waals surface area contributed by atoms with Crippen molar-refractivity contribution in [2.24, 2.45) is 0 Å². The van der Waals surface area contributed by atoms with Crippen LogP contribution in [-0.2, 0) is 22.6 Å². The number of carboxylic acid groups (broad SMARTS) is 2. The van der Waals surface area contributed by atoms with Crippen LogP contribution >= 0.6 is 0 Å². The number of hydrogen-bond donors (Lipinski definition) is 2. The highest BCUT2D eigenvalue weighted by Gasteiger charge is 2.19. The predicted molar refractivity (Wildman–Crippen MR) is 157 cm³/mol. The standard InChI is InChI=1S/C33H30F3NO6/c1-21-26(6-4-9-30(38)39)27-19-24(34)18-23(33(27)37(21)20-31(40)41)13-10-22-11-14-25(15-12-22)42-16-2-3-17-43-29-8-5-7-28(35)32(29)36/h2-3,5,7-8,10-15,18-19H,4,6,9,16-17,20H2,1H3,(H,38,39)(H,40,41)/b3-2+,13-10+. The third-order valence-electron chi connectivity index (χ3n) is 6.75. The average molecular weight is 594 g/mol. The Bertz CT molecular complexity index is 1670. The molecule has 1 heterocycles. The number of rotatable bonds is 14. The van der Waals surface area contributed by atoms with E-state index in [4.69, 9.17) is 14.6 Å². The largest absolute Gasteiger partial charge is 0.490 e. The Kier molecular flexibility index (Phi) is 10.3. The van der Waals surface area contributed by atoms with E-state index in [1.54, 1.807) is 60.1 Å². The zero-order valence-corrected chi connectivity index (χ0v) is 23.4. The number of carbonyl (C=O) groups is 2. The fourth-order valence-electron chi connectivity index (χ4n) is 4.74. The minimum absolute atomic E-state index is 0.0417. The molecule has 0 spiro atoms. The Hall–Kier alpha value is -4.99. The number of ether oxygens (including phenoxy) is 2. The summed E-state index contributed by atoms with van der Waals surface area (Å²) in [6.07, 6.45) is 7.48. The number of aryl methyl sites for hydroxylation is 1. The third-order valence-corrected chi connectivity index (χ3v) is 6.75. The molecule has 0 aliphatic heterocycles. The second-order valence-electron chi connectivity index (χ2n) is 9.73. The Morgan fingerprint density at radius 3 is 2.33 bits per heavy atom. The monoisotopic (exact) mass is 593 g/mol. The molecule has 0 aliphatic carbocycles. The highest BCUT2D eigenvalue weighted by molar-refractivity contribution is 5.95. The van der Waals surface area contributed by atoms with E-state index in [-0.39, 0.29) is 31.9 Å². The van der Waals surface area contributed by atoms with Crippen molar-refractivity contribution in [1.29, 1.82) is 0 Å². The lowest BCUT2D eigenvalue weighted by molar-refractivity contribution is -0.138.